The minimum atomic E-state index is 0.236. The van der Waals surface area contributed by atoms with Gasteiger partial charge in [0.2, 0.25) is 5.88 Å². The lowest BCUT2D eigenvalue weighted by Gasteiger charge is -2.27. The Balaban J connectivity index is 1.61. The Hall–Kier alpha value is -2.56. The molecule has 0 spiro atoms. The maximum Gasteiger partial charge on any atom is 0.224 e. The van der Waals surface area contributed by atoms with Crippen LogP contribution in [-0.4, -0.2) is 27.0 Å². The van der Waals surface area contributed by atoms with E-state index in [1.807, 2.05) is 24.3 Å². The van der Waals surface area contributed by atoms with Crippen LogP contribution in [0.25, 0.3) is 0 Å². The summed E-state index contributed by atoms with van der Waals surface area (Å²) in [5, 5.41) is 13.2. The second-order valence-electron chi connectivity index (χ2n) is 6.08. The predicted octanol–water partition coefficient (Wildman–Crippen LogP) is 3.16. The SMILES string of the molecule is O/N=C(/c1cccnc1OC1CCC1)N1Cc2ccccc2C1. The van der Waals surface area contributed by atoms with Crippen molar-refractivity contribution in [3.05, 3.63) is 59.3 Å². The van der Waals surface area contributed by atoms with E-state index in [0.717, 1.165) is 31.5 Å². The molecule has 1 aliphatic carbocycles. The van der Waals surface area contributed by atoms with Gasteiger partial charge in [0.25, 0.3) is 0 Å². The molecule has 118 valence electrons. The molecule has 1 fully saturated rings. The summed E-state index contributed by atoms with van der Waals surface area (Å²) in [4.78, 5) is 6.40. The maximum absolute atomic E-state index is 9.61. The molecule has 5 nitrogen and oxygen atoms in total. The largest absolute Gasteiger partial charge is 0.474 e. The van der Waals surface area contributed by atoms with Crippen molar-refractivity contribution in [2.45, 2.75) is 38.5 Å². The Kier molecular flexibility index (Phi) is 3.61. The quantitative estimate of drug-likeness (QED) is 0.409. The summed E-state index contributed by atoms with van der Waals surface area (Å²) in [6.45, 7) is 1.46. The smallest absolute Gasteiger partial charge is 0.224 e. The molecule has 0 bridgehead atoms. The summed E-state index contributed by atoms with van der Waals surface area (Å²) < 4.78 is 5.97. The van der Waals surface area contributed by atoms with Crippen LogP contribution in [0, 0.1) is 0 Å². The van der Waals surface area contributed by atoms with Gasteiger partial charge in [-0.1, -0.05) is 29.4 Å². The summed E-state index contributed by atoms with van der Waals surface area (Å²) in [5.74, 6) is 1.07. The normalized spacial score (nSPS) is 17.7. The van der Waals surface area contributed by atoms with Crippen molar-refractivity contribution in [3.8, 4) is 5.88 Å². The number of aromatic nitrogens is 1. The third-order valence-electron chi connectivity index (χ3n) is 4.58. The Morgan fingerprint density at radius 1 is 1.13 bits per heavy atom. The van der Waals surface area contributed by atoms with Crippen molar-refractivity contribution >= 4 is 5.84 Å². The Bertz CT molecular complexity index is 716. The van der Waals surface area contributed by atoms with E-state index in [4.69, 9.17) is 4.74 Å². The fraction of sp³-hybridized carbons (Fsp3) is 0.333. The summed E-state index contributed by atoms with van der Waals surface area (Å²) in [5.41, 5.74) is 3.27. The number of ether oxygens (including phenoxy) is 1. The second kappa shape index (κ2) is 5.91. The number of oxime groups is 1. The first-order chi connectivity index (χ1) is 11.3. The van der Waals surface area contributed by atoms with E-state index in [2.05, 4.69) is 27.2 Å². The molecule has 2 aliphatic rings. The highest BCUT2D eigenvalue weighted by Crippen LogP contribution is 2.29. The van der Waals surface area contributed by atoms with Gasteiger partial charge >= 0.3 is 0 Å². The van der Waals surface area contributed by atoms with Crippen LogP contribution < -0.4 is 4.74 Å². The lowest BCUT2D eigenvalue weighted by Crippen LogP contribution is -2.30. The molecule has 1 saturated carbocycles. The van der Waals surface area contributed by atoms with Gasteiger partial charge in [-0.2, -0.15) is 0 Å². The summed E-state index contributed by atoms with van der Waals surface area (Å²) in [6.07, 6.45) is 5.29. The Labute approximate surface area is 135 Å². The van der Waals surface area contributed by atoms with Gasteiger partial charge in [0.05, 0.1) is 5.56 Å². The minimum Gasteiger partial charge on any atom is -0.474 e. The highest BCUT2D eigenvalue weighted by Gasteiger charge is 2.27. The maximum atomic E-state index is 9.61. The van der Waals surface area contributed by atoms with Crippen molar-refractivity contribution in [2.24, 2.45) is 5.16 Å². The number of nitrogens with zero attached hydrogens (tertiary/aromatic N) is 3. The first kappa shape index (κ1) is 14.1. The monoisotopic (exact) mass is 309 g/mol. The second-order valence-corrected chi connectivity index (χ2v) is 6.08. The number of pyridine rings is 1. The Morgan fingerprint density at radius 2 is 1.87 bits per heavy atom. The number of rotatable bonds is 3. The molecule has 1 aromatic heterocycles. The van der Waals surface area contributed by atoms with E-state index in [1.165, 1.54) is 17.5 Å². The van der Waals surface area contributed by atoms with Crippen LogP contribution in [0.3, 0.4) is 0 Å². The van der Waals surface area contributed by atoms with Gasteiger partial charge in [-0.15, -0.1) is 0 Å². The zero-order valence-electron chi connectivity index (χ0n) is 12.9. The van der Waals surface area contributed by atoms with Gasteiger partial charge in [0.1, 0.15) is 6.10 Å². The third kappa shape index (κ3) is 2.63. The topological polar surface area (TPSA) is 58.0 Å². The van der Waals surface area contributed by atoms with E-state index < -0.39 is 0 Å². The number of benzene rings is 1. The number of amidine groups is 1. The van der Waals surface area contributed by atoms with Gasteiger partial charge in [-0.3, -0.25) is 0 Å². The van der Waals surface area contributed by atoms with E-state index in [-0.39, 0.29) is 6.10 Å². The molecule has 1 aromatic carbocycles. The van der Waals surface area contributed by atoms with Crippen LogP contribution in [0.4, 0.5) is 0 Å². The van der Waals surface area contributed by atoms with Crippen molar-refractivity contribution < 1.29 is 9.94 Å². The first-order valence-corrected chi connectivity index (χ1v) is 8.01. The van der Waals surface area contributed by atoms with Gasteiger partial charge in [-0.25, -0.2) is 4.98 Å². The Morgan fingerprint density at radius 3 is 2.48 bits per heavy atom. The lowest BCUT2D eigenvalue weighted by molar-refractivity contribution is 0.114. The molecular formula is C18H19N3O2. The third-order valence-corrected chi connectivity index (χ3v) is 4.58. The highest BCUT2D eigenvalue weighted by molar-refractivity contribution is 6.00. The predicted molar refractivity (Wildman–Crippen MR) is 86.5 cm³/mol. The van der Waals surface area contributed by atoms with Crippen LogP contribution in [0.1, 0.15) is 36.0 Å². The lowest BCUT2D eigenvalue weighted by atomic mass is 9.96. The van der Waals surface area contributed by atoms with Crippen LogP contribution in [0.5, 0.6) is 5.88 Å². The molecule has 2 heterocycles. The molecule has 0 radical (unpaired) electrons. The van der Waals surface area contributed by atoms with Crippen molar-refractivity contribution in [3.63, 3.8) is 0 Å². The van der Waals surface area contributed by atoms with E-state index in [9.17, 15) is 5.21 Å². The molecule has 4 rings (SSSR count). The van der Waals surface area contributed by atoms with E-state index >= 15 is 0 Å². The van der Waals surface area contributed by atoms with Crippen LogP contribution in [-0.2, 0) is 13.1 Å². The molecule has 0 saturated heterocycles. The van der Waals surface area contributed by atoms with Crippen LogP contribution in [0.15, 0.2) is 47.8 Å². The van der Waals surface area contributed by atoms with Crippen LogP contribution >= 0.6 is 0 Å². The van der Waals surface area contributed by atoms with Crippen LogP contribution in [0.2, 0.25) is 0 Å². The average molecular weight is 309 g/mol. The zero-order valence-corrected chi connectivity index (χ0v) is 12.9. The molecule has 1 N–H and O–H groups in total. The molecule has 23 heavy (non-hydrogen) atoms. The standard InChI is InChI=1S/C18H19N3O2/c22-20-17(21-11-13-5-1-2-6-14(13)12-21)16-9-4-10-19-18(16)23-15-7-3-8-15/h1-2,4-6,9-10,15,22H,3,7-8,11-12H2/b20-17-. The number of fused-ring (bicyclic) bond motifs is 1. The minimum absolute atomic E-state index is 0.236. The van der Waals surface area contributed by atoms with Gasteiger partial charge in [-0.05, 0) is 42.5 Å². The van der Waals surface area contributed by atoms with E-state index in [0.29, 0.717) is 11.7 Å². The van der Waals surface area contributed by atoms with E-state index in [1.54, 1.807) is 6.20 Å². The fourth-order valence-electron chi connectivity index (χ4n) is 3.07. The molecular weight excluding hydrogens is 290 g/mol. The molecule has 0 atom stereocenters. The molecule has 5 heteroatoms. The van der Waals surface area contributed by atoms with Crippen molar-refractivity contribution in [1.82, 2.24) is 9.88 Å². The van der Waals surface area contributed by atoms with Gasteiger partial charge < -0.3 is 14.8 Å². The molecule has 2 aromatic rings. The summed E-state index contributed by atoms with van der Waals surface area (Å²) >= 11 is 0. The summed E-state index contributed by atoms with van der Waals surface area (Å²) in [6, 6.07) is 12.0. The van der Waals surface area contributed by atoms with Gasteiger partial charge in [0, 0.05) is 19.3 Å². The molecule has 0 unspecified atom stereocenters. The average Bonchev–Trinajstić information content (AvgIpc) is 2.96. The summed E-state index contributed by atoms with van der Waals surface area (Å²) in [7, 11) is 0. The zero-order chi connectivity index (χ0) is 15.6. The number of hydrogen-bond acceptors (Lipinski definition) is 4. The molecule has 0 amide bonds. The fourth-order valence-corrected chi connectivity index (χ4v) is 3.07. The van der Waals surface area contributed by atoms with Gasteiger partial charge in [0.15, 0.2) is 5.84 Å². The van der Waals surface area contributed by atoms with Crippen molar-refractivity contribution in [2.75, 3.05) is 0 Å². The number of hydrogen-bond donors (Lipinski definition) is 1. The van der Waals surface area contributed by atoms with Crippen molar-refractivity contribution in [1.29, 1.82) is 0 Å². The molecule has 1 aliphatic heterocycles. The highest BCUT2D eigenvalue weighted by atomic mass is 16.5. The first-order valence-electron chi connectivity index (χ1n) is 8.01.